The van der Waals surface area contributed by atoms with Gasteiger partial charge in [0.25, 0.3) is 0 Å². The lowest BCUT2D eigenvalue weighted by molar-refractivity contribution is -0.274. The quantitative estimate of drug-likeness (QED) is 0.660. The van der Waals surface area contributed by atoms with Crippen LogP contribution in [0.4, 0.5) is 18.9 Å². The van der Waals surface area contributed by atoms with E-state index in [1.54, 1.807) is 42.6 Å². The second-order valence-corrected chi connectivity index (χ2v) is 5.45. The zero-order valence-electron chi connectivity index (χ0n) is 13.9. The Morgan fingerprint density at radius 1 is 0.852 bits per heavy atom. The van der Waals surface area contributed by atoms with Crippen molar-refractivity contribution in [2.45, 2.75) is 13.0 Å². The molecule has 2 N–H and O–H groups in total. The normalized spacial score (nSPS) is 11.1. The number of rotatable bonds is 6. The molecule has 0 radical (unpaired) electrons. The molecule has 0 unspecified atom stereocenters. The predicted octanol–water partition coefficient (Wildman–Crippen LogP) is 4.93. The first kappa shape index (κ1) is 18.4. The van der Waals surface area contributed by atoms with Gasteiger partial charge in [-0.25, -0.2) is 4.98 Å². The van der Waals surface area contributed by atoms with E-state index < -0.39 is 6.36 Å². The van der Waals surface area contributed by atoms with Gasteiger partial charge in [-0.2, -0.15) is 0 Å². The number of pyridine rings is 1. The van der Waals surface area contributed by atoms with E-state index in [0.717, 1.165) is 0 Å². The van der Waals surface area contributed by atoms with Gasteiger partial charge in [0, 0.05) is 6.20 Å². The number of nitrogen functional groups attached to an aromatic ring is 1. The number of aromatic nitrogens is 1. The summed E-state index contributed by atoms with van der Waals surface area (Å²) in [7, 11) is 0. The largest absolute Gasteiger partial charge is 0.573 e. The molecule has 0 aliphatic heterocycles. The van der Waals surface area contributed by atoms with E-state index in [2.05, 4.69) is 9.72 Å². The number of hydrogen-bond acceptors (Lipinski definition) is 5. The van der Waals surface area contributed by atoms with Crippen LogP contribution in [0.1, 0.15) is 5.56 Å². The van der Waals surface area contributed by atoms with Crippen molar-refractivity contribution in [2.24, 2.45) is 0 Å². The summed E-state index contributed by atoms with van der Waals surface area (Å²) < 4.78 is 51.4. The van der Waals surface area contributed by atoms with Gasteiger partial charge in [-0.3, -0.25) is 0 Å². The van der Waals surface area contributed by atoms with Crippen molar-refractivity contribution < 1.29 is 27.4 Å². The van der Waals surface area contributed by atoms with Crippen LogP contribution in [-0.2, 0) is 6.61 Å². The second kappa shape index (κ2) is 7.86. The SMILES string of the molecule is Nc1cccnc1Oc1ccc(OCc2ccc(OC(F)(F)F)cc2)cc1. The van der Waals surface area contributed by atoms with E-state index in [4.69, 9.17) is 15.2 Å². The maximum atomic E-state index is 12.1. The molecule has 3 rings (SSSR count). The molecule has 5 nitrogen and oxygen atoms in total. The van der Waals surface area contributed by atoms with Gasteiger partial charge in [0.05, 0.1) is 5.69 Å². The molecule has 0 aliphatic rings. The molecule has 8 heteroatoms. The molecule has 0 saturated carbocycles. The molecule has 0 spiro atoms. The van der Waals surface area contributed by atoms with Crippen LogP contribution in [0, 0.1) is 0 Å². The molecule has 0 bridgehead atoms. The zero-order valence-corrected chi connectivity index (χ0v) is 13.9. The minimum absolute atomic E-state index is 0.194. The Labute approximate surface area is 153 Å². The molecule has 3 aromatic rings. The minimum atomic E-state index is -4.71. The third-order valence-electron chi connectivity index (χ3n) is 3.40. The van der Waals surface area contributed by atoms with Crippen LogP contribution in [0.25, 0.3) is 0 Å². The van der Waals surface area contributed by atoms with Crippen molar-refractivity contribution >= 4 is 5.69 Å². The van der Waals surface area contributed by atoms with Crippen molar-refractivity contribution in [3.8, 4) is 23.1 Å². The fourth-order valence-corrected chi connectivity index (χ4v) is 2.16. The zero-order chi connectivity index (χ0) is 19.3. The van der Waals surface area contributed by atoms with Crippen molar-refractivity contribution in [3.63, 3.8) is 0 Å². The number of ether oxygens (including phenoxy) is 3. The molecule has 0 amide bonds. The Kier molecular flexibility index (Phi) is 5.35. The molecule has 0 saturated heterocycles. The average Bonchev–Trinajstić information content (AvgIpc) is 2.63. The van der Waals surface area contributed by atoms with E-state index >= 15 is 0 Å². The van der Waals surface area contributed by atoms with Crippen LogP contribution < -0.4 is 19.9 Å². The number of hydrogen-bond donors (Lipinski definition) is 1. The molecule has 1 aromatic heterocycles. The lowest BCUT2D eigenvalue weighted by Gasteiger charge is -2.10. The molecular formula is C19H15F3N2O3. The number of alkyl halides is 3. The lowest BCUT2D eigenvalue weighted by atomic mass is 10.2. The number of nitrogens with two attached hydrogens (primary N) is 1. The molecule has 2 aromatic carbocycles. The third kappa shape index (κ3) is 5.53. The first-order valence-electron chi connectivity index (χ1n) is 7.85. The Morgan fingerprint density at radius 3 is 2.11 bits per heavy atom. The van der Waals surface area contributed by atoms with Gasteiger partial charge >= 0.3 is 6.36 Å². The van der Waals surface area contributed by atoms with E-state index in [0.29, 0.717) is 28.6 Å². The maximum Gasteiger partial charge on any atom is 0.573 e. The smallest absolute Gasteiger partial charge is 0.489 e. The summed E-state index contributed by atoms with van der Waals surface area (Å²) in [5.74, 6) is 1.15. The molecule has 1 heterocycles. The van der Waals surface area contributed by atoms with Crippen LogP contribution in [0.15, 0.2) is 66.9 Å². The fraction of sp³-hybridized carbons (Fsp3) is 0.105. The van der Waals surface area contributed by atoms with Crippen molar-refractivity contribution in [3.05, 3.63) is 72.4 Å². The van der Waals surface area contributed by atoms with Gasteiger partial charge in [0.15, 0.2) is 0 Å². The highest BCUT2D eigenvalue weighted by Crippen LogP contribution is 2.27. The van der Waals surface area contributed by atoms with Crippen molar-refractivity contribution in [1.82, 2.24) is 4.98 Å². The highest BCUT2D eigenvalue weighted by atomic mass is 19.4. The summed E-state index contributed by atoms with van der Waals surface area (Å²) in [6.07, 6.45) is -3.13. The first-order valence-corrected chi connectivity index (χ1v) is 7.85. The first-order chi connectivity index (χ1) is 12.9. The highest BCUT2D eigenvalue weighted by Gasteiger charge is 2.30. The van der Waals surface area contributed by atoms with Gasteiger partial charge in [0.1, 0.15) is 23.9 Å². The average molecular weight is 376 g/mol. The molecule has 0 atom stereocenters. The van der Waals surface area contributed by atoms with Gasteiger partial charge in [-0.15, -0.1) is 13.2 Å². The summed E-state index contributed by atoms with van der Waals surface area (Å²) in [6, 6.07) is 15.7. The van der Waals surface area contributed by atoms with Crippen LogP contribution in [0.3, 0.4) is 0 Å². The second-order valence-electron chi connectivity index (χ2n) is 5.45. The predicted molar refractivity (Wildman–Crippen MR) is 92.6 cm³/mol. The molecule has 0 fully saturated rings. The Balaban J connectivity index is 1.55. The molecule has 140 valence electrons. The minimum Gasteiger partial charge on any atom is -0.489 e. The highest BCUT2D eigenvalue weighted by molar-refractivity contribution is 5.49. The summed E-state index contributed by atoms with van der Waals surface area (Å²) in [6.45, 7) is 0.194. The maximum absolute atomic E-state index is 12.1. The number of anilines is 1. The Hall–Kier alpha value is -3.42. The number of benzene rings is 2. The van der Waals surface area contributed by atoms with Crippen molar-refractivity contribution in [1.29, 1.82) is 0 Å². The standard InChI is InChI=1S/C19H15F3N2O3/c20-19(21,22)27-16-5-3-13(4-6-16)12-25-14-7-9-15(10-8-14)26-18-17(23)2-1-11-24-18/h1-11H,12,23H2. The topological polar surface area (TPSA) is 66.6 Å². The summed E-state index contributed by atoms with van der Waals surface area (Å²) in [5, 5.41) is 0. The summed E-state index contributed by atoms with van der Waals surface area (Å²) >= 11 is 0. The van der Waals surface area contributed by atoms with E-state index in [-0.39, 0.29) is 12.4 Å². The van der Waals surface area contributed by atoms with E-state index in [1.165, 1.54) is 24.3 Å². The number of nitrogens with zero attached hydrogens (tertiary/aromatic N) is 1. The van der Waals surface area contributed by atoms with Crippen LogP contribution in [0.2, 0.25) is 0 Å². The van der Waals surface area contributed by atoms with Crippen LogP contribution >= 0.6 is 0 Å². The van der Waals surface area contributed by atoms with Crippen molar-refractivity contribution in [2.75, 3.05) is 5.73 Å². The lowest BCUT2D eigenvalue weighted by Crippen LogP contribution is -2.17. The summed E-state index contributed by atoms with van der Waals surface area (Å²) in [4.78, 5) is 4.04. The number of halogens is 3. The van der Waals surface area contributed by atoms with Gasteiger partial charge in [-0.05, 0) is 54.1 Å². The Morgan fingerprint density at radius 2 is 1.48 bits per heavy atom. The van der Waals surface area contributed by atoms with Crippen LogP contribution in [0.5, 0.6) is 23.1 Å². The van der Waals surface area contributed by atoms with Gasteiger partial charge in [0.2, 0.25) is 5.88 Å². The fourth-order valence-electron chi connectivity index (χ4n) is 2.16. The molecule has 27 heavy (non-hydrogen) atoms. The van der Waals surface area contributed by atoms with Gasteiger partial charge < -0.3 is 19.9 Å². The summed E-state index contributed by atoms with van der Waals surface area (Å²) in [5.41, 5.74) is 6.90. The van der Waals surface area contributed by atoms with E-state index in [9.17, 15) is 13.2 Å². The van der Waals surface area contributed by atoms with Gasteiger partial charge in [-0.1, -0.05) is 12.1 Å². The van der Waals surface area contributed by atoms with E-state index in [1.807, 2.05) is 0 Å². The Bertz CT molecular complexity index is 882. The van der Waals surface area contributed by atoms with Crippen LogP contribution in [-0.4, -0.2) is 11.3 Å². The monoisotopic (exact) mass is 376 g/mol. The molecular weight excluding hydrogens is 361 g/mol. The molecule has 0 aliphatic carbocycles. The third-order valence-corrected chi connectivity index (χ3v) is 3.40.